The van der Waals surface area contributed by atoms with Crippen LogP contribution in [0.2, 0.25) is 5.02 Å². The Hall–Kier alpha value is -2.16. The molecule has 7 nitrogen and oxygen atoms in total. The molecule has 0 saturated carbocycles. The molecule has 0 radical (unpaired) electrons. The summed E-state index contributed by atoms with van der Waals surface area (Å²) >= 11 is 5.79. The number of aliphatic hydroxyl groups excluding tert-OH is 2. The van der Waals surface area contributed by atoms with Crippen LogP contribution in [0.1, 0.15) is 5.69 Å². The Morgan fingerprint density at radius 3 is 2.62 bits per heavy atom. The number of rotatable bonds is 3. The molecule has 3 rings (SSSR count). The number of aliphatic hydroxyl groups is 2. The third-order valence-electron chi connectivity index (χ3n) is 4.14. The largest absolute Gasteiger partial charge is 0.465 e. The fraction of sp³-hybridized carbons (Fsp3) is 0.333. The summed E-state index contributed by atoms with van der Waals surface area (Å²) in [7, 11) is 0. The highest BCUT2D eigenvalue weighted by molar-refractivity contribution is 6.31. The maximum atomic E-state index is 13.3. The van der Waals surface area contributed by atoms with Gasteiger partial charge in [-0.1, -0.05) is 11.6 Å². The Balaban J connectivity index is 2.09. The lowest BCUT2D eigenvalue weighted by atomic mass is 9.98. The van der Waals surface area contributed by atoms with Gasteiger partial charge < -0.3 is 15.3 Å². The topological polar surface area (TPSA) is 98.8 Å². The second-order valence-corrected chi connectivity index (χ2v) is 6.15. The second-order valence-electron chi connectivity index (χ2n) is 5.74. The SMILES string of the molecule is O=C(O)N1Cc2cc(-c3ccc(F)c(Cl)c3)nn2C(CO)(CO)C1. The number of hydrogen-bond donors (Lipinski definition) is 3. The third kappa shape index (κ3) is 2.62. The van der Waals surface area contributed by atoms with E-state index in [4.69, 9.17) is 11.6 Å². The molecule has 1 aromatic carbocycles. The van der Waals surface area contributed by atoms with Crippen LogP contribution < -0.4 is 0 Å². The second kappa shape index (κ2) is 6.04. The lowest BCUT2D eigenvalue weighted by Gasteiger charge is -2.40. The van der Waals surface area contributed by atoms with Crippen LogP contribution >= 0.6 is 11.6 Å². The molecule has 9 heteroatoms. The molecular weight excluding hydrogens is 341 g/mol. The fourth-order valence-corrected chi connectivity index (χ4v) is 3.01. The normalized spacial score (nSPS) is 16.1. The third-order valence-corrected chi connectivity index (χ3v) is 4.43. The van der Waals surface area contributed by atoms with Crippen molar-refractivity contribution in [3.63, 3.8) is 0 Å². The first-order valence-electron chi connectivity index (χ1n) is 7.14. The summed E-state index contributed by atoms with van der Waals surface area (Å²) in [5, 5.41) is 33.0. The van der Waals surface area contributed by atoms with Crippen LogP contribution in [0.15, 0.2) is 24.3 Å². The Bertz CT molecular complexity index is 791. The summed E-state index contributed by atoms with van der Waals surface area (Å²) in [4.78, 5) is 12.4. The highest BCUT2D eigenvalue weighted by Crippen LogP contribution is 2.31. The van der Waals surface area contributed by atoms with Crippen molar-refractivity contribution in [1.82, 2.24) is 14.7 Å². The van der Waals surface area contributed by atoms with Crippen LogP contribution in [0, 0.1) is 5.82 Å². The van der Waals surface area contributed by atoms with Crippen LogP contribution in [-0.4, -0.2) is 55.9 Å². The number of halogens is 2. The van der Waals surface area contributed by atoms with E-state index >= 15 is 0 Å². The van der Waals surface area contributed by atoms with Crippen LogP contribution in [0.25, 0.3) is 11.3 Å². The quantitative estimate of drug-likeness (QED) is 0.775. The first-order chi connectivity index (χ1) is 11.4. The van der Waals surface area contributed by atoms with Gasteiger partial charge >= 0.3 is 6.09 Å². The van der Waals surface area contributed by atoms with Crippen molar-refractivity contribution < 1.29 is 24.5 Å². The molecule has 0 bridgehead atoms. The molecule has 1 amide bonds. The van der Waals surface area contributed by atoms with Crippen molar-refractivity contribution in [1.29, 1.82) is 0 Å². The van der Waals surface area contributed by atoms with Gasteiger partial charge in [-0.25, -0.2) is 9.18 Å². The average molecular weight is 356 g/mol. The van der Waals surface area contributed by atoms with Gasteiger partial charge in [-0.2, -0.15) is 5.10 Å². The van der Waals surface area contributed by atoms with E-state index < -0.39 is 30.7 Å². The first-order valence-corrected chi connectivity index (χ1v) is 7.52. The van der Waals surface area contributed by atoms with E-state index in [-0.39, 0.29) is 18.1 Å². The first kappa shape index (κ1) is 16.7. The molecule has 3 N–H and O–H groups in total. The average Bonchev–Trinajstić information content (AvgIpc) is 3.01. The predicted octanol–water partition coefficient (Wildman–Crippen LogP) is 1.52. The van der Waals surface area contributed by atoms with Crippen molar-refractivity contribution in [2.45, 2.75) is 12.1 Å². The number of hydrogen-bond acceptors (Lipinski definition) is 4. The zero-order valence-electron chi connectivity index (χ0n) is 12.5. The van der Waals surface area contributed by atoms with Crippen molar-refractivity contribution in [3.8, 4) is 11.3 Å². The molecule has 1 aliphatic rings. The summed E-state index contributed by atoms with van der Waals surface area (Å²) in [5.41, 5.74) is 0.260. The lowest BCUT2D eigenvalue weighted by Crippen LogP contribution is -2.56. The van der Waals surface area contributed by atoms with E-state index in [2.05, 4.69) is 5.10 Å². The number of benzene rings is 1. The minimum atomic E-state index is -1.26. The van der Waals surface area contributed by atoms with E-state index in [0.29, 0.717) is 17.0 Å². The van der Waals surface area contributed by atoms with Gasteiger partial charge in [0, 0.05) is 5.56 Å². The van der Waals surface area contributed by atoms with E-state index in [9.17, 15) is 24.5 Å². The van der Waals surface area contributed by atoms with Crippen molar-refractivity contribution in [3.05, 3.63) is 40.8 Å². The van der Waals surface area contributed by atoms with E-state index in [0.717, 1.165) is 4.90 Å². The molecule has 2 aromatic rings. The standard InChI is InChI=1S/C15H15ClFN3O4/c16-11-3-9(1-2-12(11)17)13-4-10-5-19(14(23)24)6-15(7-21,8-22)20(10)18-13/h1-4,21-22H,5-8H2,(H,23,24). The lowest BCUT2D eigenvalue weighted by molar-refractivity contribution is 0.00229. The van der Waals surface area contributed by atoms with E-state index in [1.165, 1.54) is 22.9 Å². The molecule has 0 fully saturated rings. The number of carboxylic acid groups (broad SMARTS) is 1. The van der Waals surface area contributed by atoms with Gasteiger partial charge in [-0.3, -0.25) is 9.58 Å². The molecule has 0 aliphatic carbocycles. The van der Waals surface area contributed by atoms with Crippen LogP contribution in [0.4, 0.5) is 9.18 Å². The zero-order valence-corrected chi connectivity index (χ0v) is 13.2. The zero-order chi connectivity index (χ0) is 17.5. The van der Waals surface area contributed by atoms with Gasteiger partial charge in [0.15, 0.2) is 0 Å². The fourth-order valence-electron chi connectivity index (χ4n) is 2.83. The Morgan fingerprint density at radius 1 is 1.33 bits per heavy atom. The van der Waals surface area contributed by atoms with Crippen LogP contribution in [0.3, 0.4) is 0 Å². The summed E-state index contributed by atoms with van der Waals surface area (Å²) < 4.78 is 14.8. The van der Waals surface area contributed by atoms with Crippen LogP contribution in [-0.2, 0) is 12.1 Å². The highest BCUT2D eigenvalue weighted by Gasteiger charge is 2.41. The molecule has 0 saturated heterocycles. The molecule has 0 atom stereocenters. The summed E-state index contributed by atoms with van der Waals surface area (Å²) in [6, 6.07) is 5.77. The van der Waals surface area contributed by atoms with Crippen LogP contribution in [0.5, 0.6) is 0 Å². The maximum Gasteiger partial charge on any atom is 0.407 e. The number of amides is 1. The molecule has 24 heavy (non-hydrogen) atoms. The summed E-state index contributed by atoms with van der Waals surface area (Å²) in [5.74, 6) is -0.554. The maximum absolute atomic E-state index is 13.3. The number of carbonyl (C=O) groups is 1. The summed E-state index contributed by atoms with van der Waals surface area (Å²) in [6.45, 7) is -0.982. The Kier molecular flexibility index (Phi) is 4.20. The van der Waals surface area contributed by atoms with Gasteiger partial charge in [0.25, 0.3) is 0 Å². The number of fused-ring (bicyclic) bond motifs is 1. The van der Waals surface area contributed by atoms with Gasteiger partial charge in [0.05, 0.1) is 42.7 Å². The molecule has 1 aromatic heterocycles. The number of aromatic nitrogens is 2. The molecule has 0 unspecified atom stereocenters. The van der Waals surface area contributed by atoms with Crippen molar-refractivity contribution in [2.24, 2.45) is 0 Å². The Labute approximate surface area is 141 Å². The van der Waals surface area contributed by atoms with E-state index in [1.807, 2.05) is 0 Å². The van der Waals surface area contributed by atoms with E-state index in [1.54, 1.807) is 6.07 Å². The number of nitrogens with zero attached hydrogens (tertiary/aromatic N) is 3. The smallest absolute Gasteiger partial charge is 0.407 e. The predicted molar refractivity (Wildman–Crippen MR) is 83.2 cm³/mol. The van der Waals surface area contributed by atoms with Crippen molar-refractivity contribution in [2.75, 3.05) is 19.8 Å². The van der Waals surface area contributed by atoms with Gasteiger partial charge in [0.1, 0.15) is 11.4 Å². The minimum Gasteiger partial charge on any atom is -0.465 e. The monoisotopic (exact) mass is 355 g/mol. The molecule has 0 spiro atoms. The van der Waals surface area contributed by atoms with Crippen molar-refractivity contribution >= 4 is 17.7 Å². The molecule has 2 heterocycles. The van der Waals surface area contributed by atoms with Gasteiger partial charge in [-0.15, -0.1) is 0 Å². The van der Waals surface area contributed by atoms with Gasteiger partial charge in [0.2, 0.25) is 0 Å². The minimum absolute atomic E-state index is 0.0544. The molecular formula is C15H15ClFN3O4. The Morgan fingerprint density at radius 2 is 2.04 bits per heavy atom. The molecule has 1 aliphatic heterocycles. The van der Waals surface area contributed by atoms with Gasteiger partial charge in [-0.05, 0) is 24.3 Å². The molecule has 128 valence electrons. The summed E-state index contributed by atoms with van der Waals surface area (Å²) in [6.07, 6.45) is -1.15. The highest BCUT2D eigenvalue weighted by atomic mass is 35.5.